The quantitative estimate of drug-likeness (QED) is 0.379. The van der Waals surface area contributed by atoms with E-state index in [2.05, 4.69) is 9.68 Å². The lowest BCUT2D eigenvalue weighted by Gasteiger charge is -2.12. The molecule has 0 radical (unpaired) electrons. The maximum Gasteiger partial charge on any atom is 0.312 e. The molecule has 130 valence electrons. The summed E-state index contributed by atoms with van der Waals surface area (Å²) in [6, 6.07) is 10.00. The number of hydrogen-bond acceptors (Lipinski definition) is 7. The lowest BCUT2D eigenvalue weighted by atomic mass is 10.2. The van der Waals surface area contributed by atoms with Crippen molar-refractivity contribution in [1.82, 2.24) is 10.2 Å². The van der Waals surface area contributed by atoms with E-state index in [1.807, 2.05) is 12.1 Å². The monoisotopic (exact) mass is 345 g/mol. The van der Waals surface area contributed by atoms with Crippen LogP contribution in [0.25, 0.3) is 11.0 Å². The van der Waals surface area contributed by atoms with Crippen LogP contribution < -0.4 is 10.5 Å². The van der Waals surface area contributed by atoms with Gasteiger partial charge in [-0.15, -0.1) is 0 Å². The molecule has 0 aliphatic heterocycles. The maximum absolute atomic E-state index is 12.1. The van der Waals surface area contributed by atoms with Crippen molar-refractivity contribution in [2.75, 3.05) is 13.2 Å². The van der Waals surface area contributed by atoms with Crippen molar-refractivity contribution in [2.45, 2.75) is 6.42 Å². The molecule has 2 amide bonds. The Morgan fingerprint density at radius 2 is 2.04 bits per heavy atom. The van der Waals surface area contributed by atoms with E-state index in [1.54, 1.807) is 18.2 Å². The van der Waals surface area contributed by atoms with Crippen LogP contribution in [0.2, 0.25) is 0 Å². The second kappa shape index (κ2) is 7.05. The summed E-state index contributed by atoms with van der Waals surface area (Å²) >= 11 is 0. The number of rotatable bonds is 7. The lowest BCUT2D eigenvalue weighted by molar-refractivity contribution is -0.0619. The van der Waals surface area contributed by atoms with Crippen molar-refractivity contribution in [1.29, 1.82) is 0 Å². The third-order valence-corrected chi connectivity index (χ3v) is 3.37. The van der Waals surface area contributed by atoms with Crippen LogP contribution in [0.4, 0.5) is 0 Å². The van der Waals surface area contributed by atoms with Gasteiger partial charge in [0.05, 0.1) is 19.2 Å². The zero-order chi connectivity index (χ0) is 17.8. The molecule has 3 N–H and O–H groups in total. The van der Waals surface area contributed by atoms with Crippen LogP contribution in [0, 0.1) is 0 Å². The second-order valence-electron chi connectivity index (χ2n) is 5.17. The molecule has 0 saturated heterocycles. The second-order valence-corrected chi connectivity index (χ2v) is 5.17. The van der Waals surface area contributed by atoms with E-state index in [-0.39, 0.29) is 30.6 Å². The minimum absolute atomic E-state index is 0.0242. The Bertz CT molecular complexity index is 867. The van der Waals surface area contributed by atoms with Gasteiger partial charge in [0.25, 0.3) is 11.8 Å². The summed E-state index contributed by atoms with van der Waals surface area (Å²) in [5, 5.41) is 14.7. The van der Waals surface area contributed by atoms with E-state index in [1.165, 1.54) is 6.07 Å². The van der Waals surface area contributed by atoms with Gasteiger partial charge in [-0.2, -0.15) is 0 Å². The Morgan fingerprint density at radius 3 is 2.76 bits per heavy atom. The summed E-state index contributed by atoms with van der Waals surface area (Å²) in [6.07, 6.45) is 0.321. The molecule has 2 aromatic heterocycles. The van der Waals surface area contributed by atoms with Crippen LogP contribution in [0.5, 0.6) is 5.88 Å². The predicted octanol–water partition coefficient (Wildman–Crippen LogP) is 1.82. The minimum atomic E-state index is -0.750. The van der Waals surface area contributed by atoms with Gasteiger partial charge in [-0.25, -0.2) is 5.06 Å². The number of primary amides is 1. The number of furan rings is 1. The fraction of sp³-hybridized carbons (Fsp3) is 0.188. The topological polar surface area (TPSA) is 132 Å². The number of fused-ring (bicyclic) bond motifs is 1. The van der Waals surface area contributed by atoms with Gasteiger partial charge in [-0.1, -0.05) is 18.2 Å². The summed E-state index contributed by atoms with van der Waals surface area (Å²) in [4.78, 5) is 23.0. The molecule has 0 aliphatic carbocycles. The van der Waals surface area contributed by atoms with Crippen molar-refractivity contribution < 1.29 is 28.5 Å². The first-order chi connectivity index (χ1) is 12.0. The first-order valence-electron chi connectivity index (χ1n) is 7.43. The van der Waals surface area contributed by atoms with E-state index in [4.69, 9.17) is 14.9 Å². The molecule has 0 unspecified atom stereocenters. The van der Waals surface area contributed by atoms with Gasteiger partial charge < -0.3 is 19.4 Å². The van der Waals surface area contributed by atoms with Crippen molar-refractivity contribution in [2.24, 2.45) is 5.73 Å². The van der Waals surface area contributed by atoms with Crippen LogP contribution in [0.3, 0.4) is 0 Å². The summed E-state index contributed by atoms with van der Waals surface area (Å²) in [5.41, 5.74) is 5.59. The smallest absolute Gasteiger partial charge is 0.312 e. The summed E-state index contributed by atoms with van der Waals surface area (Å²) < 4.78 is 15.3. The molecule has 9 heteroatoms. The maximum atomic E-state index is 12.1. The van der Waals surface area contributed by atoms with Gasteiger partial charge >= 0.3 is 5.91 Å². The van der Waals surface area contributed by atoms with E-state index < -0.39 is 11.8 Å². The SMILES string of the molecule is NC(=O)c1cc(OCCCN(O)C(=O)c2cc3ccccc3o2)no1. The highest BCUT2D eigenvalue weighted by Crippen LogP contribution is 2.19. The van der Waals surface area contributed by atoms with Crippen LogP contribution >= 0.6 is 0 Å². The fourth-order valence-electron chi connectivity index (χ4n) is 2.15. The van der Waals surface area contributed by atoms with E-state index >= 15 is 0 Å². The zero-order valence-electron chi connectivity index (χ0n) is 13.0. The van der Waals surface area contributed by atoms with E-state index in [9.17, 15) is 14.8 Å². The predicted molar refractivity (Wildman–Crippen MR) is 84.2 cm³/mol. The number of carbonyl (C=O) groups excluding carboxylic acids is 2. The van der Waals surface area contributed by atoms with Gasteiger partial charge in [0.1, 0.15) is 5.58 Å². The fourth-order valence-corrected chi connectivity index (χ4v) is 2.15. The number of carbonyl (C=O) groups is 2. The first-order valence-corrected chi connectivity index (χ1v) is 7.43. The Kier molecular flexibility index (Phi) is 4.66. The number of nitrogens with two attached hydrogens (primary N) is 1. The lowest BCUT2D eigenvalue weighted by Crippen LogP contribution is -2.29. The number of para-hydroxylation sites is 1. The highest BCUT2D eigenvalue weighted by Gasteiger charge is 2.18. The van der Waals surface area contributed by atoms with Gasteiger partial charge in [0, 0.05) is 11.8 Å². The van der Waals surface area contributed by atoms with Gasteiger partial charge in [-0.05, 0) is 17.3 Å². The third kappa shape index (κ3) is 3.78. The molecular weight excluding hydrogens is 330 g/mol. The zero-order valence-corrected chi connectivity index (χ0v) is 13.0. The number of hydroxylamine groups is 2. The summed E-state index contributed by atoms with van der Waals surface area (Å²) in [5.74, 6) is -1.36. The minimum Gasteiger partial charge on any atom is -0.475 e. The molecule has 2 heterocycles. The number of benzene rings is 1. The number of hydrogen-bond donors (Lipinski definition) is 2. The molecule has 0 aliphatic rings. The van der Waals surface area contributed by atoms with Gasteiger partial charge in [-0.3, -0.25) is 14.8 Å². The molecule has 0 saturated carbocycles. The van der Waals surface area contributed by atoms with Gasteiger partial charge in [0.15, 0.2) is 5.76 Å². The van der Waals surface area contributed by atoms with Crippen LogP contribution in [-0.4, -0.2) is 40.4 Å². The molecule has 0 fully saturated rings. The van der Waals surface area contributed by atoms with Crippen molar-refractivity contribution in [3.8, 4) is 5.88 Å². The standard InChI is InChI=1S/C16H15N3O6/c17-15(20)12-9-14(18-25-12)23-7-3-6-19(22)16(21)13-8-10-4-1-2-5-11(10)24-13/h1-2,4-5,8-9,22H,3,6-7H2,(H2,17,20). The van der Waals surface area contributed by atoms with Crippen LogP contribution in [-0.2, 0) is 0 Å². The molecule has 3 rings (SSSR count). The van der Waals surface area contributed by atoms with Crippen molar-refractivity contribution >= 4 is 22.8 Å². The third-order valence-electron chi connectivity index (χ3n) is 3.37. The highest BCUT2D eigenvalue weighted by molar-refractivity contribution is 5.95. The van der Waals surface area contributed by atoms with Crippen molar-refractivity contribution in [3.05, 3.63) is 47.9 Å². The normalized spacial score (nSPS) is 10.8. The largest absolute Gasteiger partial charge is 0.475 e. The van der Waals surface area contributed by atoms with Crippen LogP contribution in [0.1, 0.15) is 27.5 Å². The van der Waals surface area contributed by atoms with Gasteiger partial charge in [0.2, 0.25) is 5.76 Å². The molecule has 0 bridgehead atoms. The first kappa shape index (κ1) is 16.5. The number of amides is 2. The van der Waals surface area contributed by atoms with Crippen LogP contribution in [0.15, 0.2) is 45.3 Å². The molecule has 9 nitrogen and oxygen atoms in total. The molecule has 0 spiro atoms. The Balaban J connectivity index is 1.49. The Morgan fingerprint density at radius 1 is 1.24 bits per heavy atom. The van der Waals surface area contributed by atoms with E-state index in [0.717, 1.165) is 5.39 Å². The van der Waals surface area contributed by atoms with Crippen molar-refractivity contribution in [3.63, 3.8) is 0 Å². The summed E-state index contributed by atoms with van der Waals surface area (Å²) in [7, 11) is 0. The number of ether oxygens (including phenoxy) is 1. The average molecular weight is 345 g/mol. The average Bonchev–Trinajstić information content (AvgIpc) is 3.24. The highest BCUT2D eigenvalue weighted by atomic mass is 16.5. The molecule has 0 atom stereocenters. The molecule has 3 aromatic rings. The Hall–Kier alpha value is -3.33. The van der Waals surface area contributed by atoms with E-state index in [0.29, 0.717) is 17.1 Å². The Labute approximate surface area is 141 Å². The molecule has 25 heavy (non-hydrogen) atoms. The molecular formula is C16H15N3O6. The number of nitrogens with zero attached hydrogens (tertiary/aromatic N) is 2. The molecule has 1 aromatic carbocycles. The summed E-state index contributed by atoms with van der Waals surface area (Å²) in [6.45, 7) is 0.172. The number of aromatic nitrogens is 1.